The van der Waals surface area contributed by atoms with Crippen LogP contribution in [-0.4, -0.2) is 28.1 Å². The lowest BCUT2D eigenvalue weighted by atomic mass is 10.1. The zero-order valence-corrected chi connectivity index (χ0v) is 14.5. The number of sulfonamides is 1. The highest BCUT2D eigenvalue weighted by Crippen LogP contribution is 2.20. The molecular weight excluding hydrogens is 346 g/mol. The predicted molar refractivity (Wildman–Crippen MR) is 93.1 cm³/mol. The molecule has 2 aromatic rings. The lowest BCUT2D eigenvalue weighted by Gasteiger charge is -2.17. The van der Waals surface area contributed by atoms with Crippen molar-refractivity contribution in [3.63, 3.8) is 0 Å². The molecule has 2 aromatic carbocycles. The van der Waals surface area contributed by atoms with Crippen LogP contribution < -0.4 is 9.62 Å². The zero-order valence-electron chi connectivity index (χ0n) is 13.7. The maximum atomic E-state index is 13.6. The summed E-state index contributed by atoms with van der Waals surface area (Å²) in [6.45, 7) is 2.25. The van der Waals surface area contributed by atoms with Gasteiger partial charge in [-0.25, -0.2) is 21.9 Å². The summed E-state index contributed by atoms with van der Waals surface area (Å²) < 4.78 is 53.3. The van der Waals surface area contributed by atoms with E-state index in [1.54, 1.807) is 0 Å². The van der Waals surface area contributed by atoms with Crippen molar-refractivity contribution in [3.05, 3.63) is 59.7 Å². The van der Waals surface area contributed by atoms with E-state index in [-0.39, 0.29) is 6.54 Å². The summed E-state index contributed by atoms with van der Waals surface area (Å²) in [5.74, 6) is -1.76. The fourth-order valence-electron chi connectivity index (χ4n) is 2.94. The van der Waals surface area contributed by atoms with Crippen LogP contribution in [0.5, 0.6) is 0 Å². The molecule has 0 radical (unpaired) electrons. The lowest BCUT2D eigenvalue weighted by Crippen LogP contribution is -2.27. The molecule has 0 atom stereocenters. The van der Waals surface area contributed by atoms with E-state index >= 15 is 0 Å². The SMILES string of the molecule is O=S(=O)(NCCc1ccc(N2CCCC2)cc1)c1cc(F)ccc1F. The van der Waals surface area contributed by atoms with E-state index in [0.29, 0.717) is 12.5 Å². The minimum atomic E-state index is -4.08. The summed E-state index contributed by atoms with van der Waals surface area (Å²) in [5.41, 5.74) is 2.15. The minimum Gasteiger partial charge on any atom is -0.372 e. The smallest absolute Gasteiger partial charge is 0.243 e. The molecule has 0 amide bonds. The molecule has 0 bridgehead atoms. The first kappa shape index (κ1) is 17.8. The summed E-state index contributed by atoms with van der Waals surface area (Å²) >= 11 is 0. The van der Waals surface area contributed by atoms with Crippen LogP contribution in [0.15, 0.2) is 47.4 Å². The van der Waals surface area contributed by atoms with Gasteiger partial charge in [0.2, 0.25) is 10.0 Å². The fourth-order valence-corrected chi connectivity index (χ4v) is 4.06. The lowest BCUT2D eigenvalue weighted by molar-refractivity contribution is 0.546. The van der Waals surface area contributed by atoms with Crippen LogP contribution in [0.1, 0.15) is 18.4 Å². The van der Waals surface area contributed by atoms with Gasteiger partial charge in [0.25, 0.3) is 0 Å². The summed E-state index contributed by atoms with van der Waals surface area (Å²) in [5, 5.41) is 0. The molecule has 1 N–H and O–H groups in total. The molecule has 1 saturated heterocycles. The zero-order chi connectivity index (χ0) is 17.9. The average molecular weight is 366 g/mol. The Bertz CT molecular complexity index is 833. The fraction of sp³-hybridized carbons (Fsp3) is 0.333. The first-order valence-corrected chi connectivity index (χ1v) is 9.73. The maximum Gasteiger partial charge on any atom is 0.243 e. The summed E-state index contributed by atoms with van der Waals surface area (Å²) in [7, 11) is -4.08. The molecule has 4 nitrogen and oxygen atoms in total. The van der Waals surface area contributed by atoms with Crippen molar-refractivity contribution in [1.82, 2.24) is 4.72 Å². The Morgan fingerprint density at radius 2 is 1.68 bits per heavy atom. The van der Waals surface area contributed by atoms with Gasteiger partial charge in [-0.2, -0.15) is 0 Å². The molecule has 0 aromatic heterocycles. The van der Waals surface area contributed by atoms with Gasteiger partial charge in [0.1, 0.15) is 16.5 Å². The van der Waals surface area contributed by atoms with E-state index in [1.807, 2.05) is 24.3 Å². The highest BCUT2D eigenvalue weighted by molar-refractivity contribution is 7.89. The van der Waals surface area contributed by atoms with E-state index < -0.39 is 26.6 Å². The van der Waals surface area contributed by atoms with Gasteiger partial charge >= 0.3 is 0 Å². The molecule has 0 aliphatic carbocycles. The summed E-state index contributed by atoms with van der Waals surface area (Å²) in [6, 6.07) is 10.4. The Kier molecular flexibility index (Phi) is 5.34. The van der Waals surface area contributed by atoms with Gasteiger partial charge in [0.05, 0.1) is 0 Å². The maximum absolute atomic E-state index is 13.6. The summed E-state index contributed by atoms with van der Waals surface area (Å²) in [6.07, 6.45) is 2.89. The van der Waals surface area contributed by atoms with Crippen molar-refractivity contribution in [2.45, 2.75) is 24.2 Å². The van der Waals surface area contributed by atoms with Crippen molar-refractivity contribution in [1.29, 1.82) is 0 Å². The molecule has 3 rings (SSSR count). The second kappa shape index (κ2) is 7.49. The Morgan fingerprint density at radius 3 is 2.36 bits per heavy atom. The topological polar surface area (TPSA) is 49.4 Å². The van der Waals surface area contributed by atoms with Crippen molar-refractivity contribution < 1.29 is 17.2 Å². The predicted octanol–water partition coefficient (Wildman–Crippen LogP) is 3.09. The van der Waals surface area contributed by atoms with Crippen LogP contribution in [0, 0.1) is 11.6 Å². The molecule has 1 heterocycles. The highest BCUT2D eigenvalue weighted by atomic mass is 32.2. The molecule has 134 valence electrons. The van der Waals surface area contributed by atoms with Crippen LogP contribution >= 0.6 is 0 Å². The summed E-state index contributed by atoms with van der Waals surface area (Å²) in [4.78, 5) is 1.65. The van der Waals surface area contributed by atoms with Crippen LogP contribution in [0.25, 0.3) is 0 Å². The molecular formula is C18H20F2N2O2S. The second-order valence-electron chi connectivity index (χ2n) is 6.08. The van der Waals surface area contributed by atoms with E-state index in [1.165, 1.54) is 18.5 Å². The quantitative estimate of drug-likeness (QED) is 0.855. The van der Waals surface area contributed by atoms with Gasteiger partial charge in [0, 0.05) is 25.3 Å². The molecule has 0 saturated carbocycles. The molecule has 25 heavy (non-hydrogen) atoms. The number of hydrogen-bond acceptors (Lipinski definition) is 3. The average Bonchev–Trinajstić information content (AvgIpc) is 3.12. The monoisotopic (exact) mass is 366 g/mol. The van der Waals surface area contributed by atoms with Gasteiger partial charge in [-0.1, -0.05) is 12.1 Å². The van der Waals surface area contributed by atoms with Crippen molar-refractivity contribution in [2.24, 2.45) is 0 Å². The number of rotatable bonds is 6. The number of anilines is 1. The number of benzene rings is 2. The highest BCUT2D eigenvalue weighted by Gasteiger charge is 2.19. The van der Waals surface area contributed by atoms with E-state index in [0.717, 1.165) is 30.8 Å². The van der Waals surface area contributed by atoms with Crippen LogP contribution in [0.2, 0.25) is 0 Å². The van der Waals surface area contributed by atoms with E-state index in [4.69, 9.17) is 0 Å². The van der Waals surface area contributed by atoms with Crippen molar-refractivity contribution in [2.75, 3.05) is 24.5 Å². The van der Waals surface area contributed by atoms with Gasteiger partial charge in [-0.15, -0.1) is 0 Å². The van der Waals surface area contributed by atoms with Crippen molar-refractivity contribution >= 4 is 15.7 Å². The van der Waals surface area contributed by atoms with E-state index in [9.17, 15) is 17.2 Å². The van der Waals surface area contributed by atoms with Gasteiger partial charge in [-0.3, -0.25) is 0 Å². The molecule has 0 spiro atoms. The van der Waals surface area contributed by atoms with Crippen LogP contribution in [0.3, 0.4) is 0 Å². The van der Waals surface area contributed by atoms with Gasteiger partial charge < -0.3 is 4.90 Å². The van der Waals surface area contributed by atoms with Gasteiger partial charge in [-0.05, 0) is 55.2 Å². The first-order chi connectivity index (χ1) is 12.0. The minimum absolute atomic E-state index is 0.112. The number of nitrogens with zero attached hydrogens (tertiary/aromatic N) is 1. The molecule has 1 fully saturated rings. The molecule has 7 heteroatoms. The van der Waals surface area contributed by atoms with E-state index in [2.05, 4.69) is 9.62 Å². The third-order valence-corrected chi connectivity index (χ3v) is 5.77. The van der Waals surface area contributed by atoms with Gasteiger partial charge in [0.15, 0.2) is 0 Å². The first-order valence-electron chi connectivity index (χ1n) is 8.24. The largest absolute Gasteiger partial charge is 0.372 e. The molecule has 1 aliphatic rings. The Labute approximate surface area is 146 Å². The second-order valence-corrected chi connectivity index (χ2v) is 7.82. The van der Waals surface area contributed by atoms with Crippen LogP contribution in [0.4, 0.5) is 14.5 Å². The Balaban J connectivity index is 1.59. The number of hydrogen-bond donors (Lipinski definition) is 1. The van der Waals surface area contributed by atoms with Crippen molar-refractivity contribution in [3.8, 4) is 0 Å². The molecule has 1 aliphatic heterocycles. The Morgan fingerprint density at radius 1 is 1.00 bits per heavy atom. The normalized spacial score (nSPS) is 14.9. The third-order valence-electron chi connectivity index (χ3n) is 4.30. The number of nitrogens with one attached hydrogen (secondary N) is 1. The molecule has 0 unspecified atom stereocenters. The standard InChI is InChI=1S/C18H20F2N2O2S/c19-15-5-8-17(20)18(13-15)25(23,24)21-10-9-14-3-6-16(7-4-14)22-11-1-2-12-22/h3-8,13,21H,1-2,9-12H2. The Hall–Kier alpha value is -1.99. The van der Waals surface area contributed by atoms with Crippen LogP contribution in [-0.2, 0) is 16.4 Å². The number of halogens is 2. The third kappa shape index (κ3) is 4.35.